The average Bonchev–Trinajstić information content (AvgIpc) is 3.67. The molecule has 14 heteroatoms. The number of benzene rings is 2. The summed E-state index contributed by atoms with van der Waals surface area (Å²) in [6, 6.07) is 15.7. The first-order valence-corrected chi connectivity index (χ1v) is 14.0. The van der Waals surface area contributed by atoms with E-state index in [2.05, 4.69) is 20.8 Å². The van der Waals surface area contributed by atoms with Crippen LogP contribution in [-0.4, -0.2) is 66.9 Å². The van der Waals surface area contributed by atoms with Crippen LogP contribution in [-0.2, 0) is 21.0 Å². The Kier molecular flexibility index (Phi) is 7.24. The molecular formula is C27H24ClN7O5S. The molecule has 1 fully saturated rings. The lowest BCUT2D eigenvalue weighted by Gasteiger charge is -2.19. The van der Waals surface area contributed by atoms with E-state index in [1.165, 1.54) is 11.8 Å². The number of hydrogen-bond acceptors (Lipinski definition) is 9. The number of rotatable bonds is 8. The molecule has 3 aliphatic rings. The second-order valence-corrected chi connectivity index (χ2v) is 11.1. The first-order valence-electron chi connectivity index (χ1n) is 12.7. The number of hydrogen-bond donors (Lipinski definition) is 1. The maximum Gasteiger partial charge on any atom is 0.285 e. The molecule has 2 unspecified atom stereocenters. The molecule has 210 valence electrons. The molecule has 0 radical (unpaired) electrons. The standard InChI is InChI=1S/C27H24ClN7O5S/c1-15-13-16(2)34(31-15)14-21(36)29-30-27-33(11-12-39-35-25(37)19-5-3-4-6-20(19)26(35)38)24-23(41-27)22(40-32-24)17-7-9-18(28)10-8-17/h3-10,13,22-23H,11-12,14H2,1-2H3,(H,29,36)/b30-27-. The summed E-state index contributed by atoms with van der Waals surface area (Å²) in [5.74, 6) is -0.814. The van der Waals surface area contributed by atoms with Crippen molar-refractivity contribution in [3.8, 4) is 0 Å². The van der Waals surface area contributed by atoms with E-state index in [1.54, 1.807) is 46.0 Å². The Balaban J connectivity index is 1.17. The largest absolute Gasteiger partial charge is 0.384 e. The van der Waals surface area contributed by atoms with Crippen LogP contribution in [0.3, 0.4) is 0 Å². The van der Waals surface area contributed by atoms with Crippen molar-refractivity contribution >= 4 is 52.1 Å². The van der Waals surface area contributed by atoms with Crippen molar-refractivity contribution < 1.29 is 24.1 Å². The Morgan fingerprint density at radius 3 is 2.49 bits per heavy atom. The molecule has 0 saturated carbocycles. The van der Waals surface area contributed by atoms with E-state index in [0.717, 1.165) is 22.0 Å². The highest BCUT2D eigenvalue weighted by molar-refractivity contribution is 8.15. The maximum atomic E-state index is 12.7. The minimum Gasteiger partial charge on any atom is -0.384 e. The van der Waals surface area contributed by atoms with Gasteiger partial charge in [0.25, 0.3) is 17.7 Å². The topological polar surface area (TPSA) is 131 Å². The third-order valence-electron chi connectivity index (χ3n) is 6.69. The normalized spacial score (nSPS) is 20.4. The third kappa shape index (κ3) is 5.19. The average molecular weight is 594 g/mol. The van der Waals surface area contributed by atoms with Crippen LogP contribution in [0.2, 0.25) is 5.02 Å². The summed E-state index contributed by atoms with van der Waals surface area (Å²) >= 11 is 7.44. The van der Waals surface area contributed by atoms with Crippen molar-refractivity contribution in [2.75, 3.05) is 13.2 Å². The number of halogens is 1. The molecule has 12 nitrogen and oxygen atoms in total. The van der Waals surface area contributed by atoms with E-state index >= 15 is 0 Å². The highest BCUT2D eigenvalue weighted by Gasteiger charge is 2.47. The highest BCUT2D eigenvalue weighted by atomic mass is 35.5. The number of nitrogens with one attached hydrogen (secondary N) is 1. The van der Waals surface area contributed by atoms with Gasteiger partial charge < -0.3 is 9.74 Å². The van der Waals surface area contributed by atoms with Gasteiger partial charge in [-0.2, -0.15) is 5.10 Å². The lowest BCUT2D eigenvalue weighted by atomic mass is 10.1. The molecular weight excluding hydrogens is 570 g/mol. The number of amidine groups is 2. The summed E-state index contributed by atoms with van der Waals surface area (Å²) in [5.41, 5.74) is 5.74. The number of hydroxylamine groups is 2. The zero-order valence-corrected chi connectivity index (χ0v) is 23.6. The number of amides is 3. The minimum atomic E-state index is -0.520. The molecule has 2 aromatic carbocycles. The summed E-state index contributed by atoms with van der Waals surface area (Å²) in [4.78, 5) is 51.2. The van der Waals surface area contributed by atoms with E-state index in [4.69, 9.17) is 21.3 Å². The van der Waals surface area contributed by atoms with Crippen molar-refractivity contribution in [2.45, 2.75) is 31.7 Å². The summed E-state index contributed by atoms with van der Waals surface area (Å²) in [5, 5.41) is 14.6. The lowest BCUT2D eigenvalue weighted by molar-refractivity contribution is -0.121. The van der Waals surface area contributed by atoms with Gasteiger partial charge in [0.15, 0.2) is 17.1 Å². The molecule has 0 spiro atoms. The van der Waals surface area contributed by atoms with Gasteiger partial charge in [-0.3, -0.25) is 23.9 Å². The van der Waals surface area contributed by atoms with Crippen molar-refractivity contribution in [1.29, 1.82) is 0 Å². The van der Waals surface area contributed by atoms with Crippen LogP contribution in [0.1, 0.15) is 43.8 Å². The molecule has 1 aromatic heterocycles. The molecule has 6 rings (SSSR count). The van der Waals surface area contributed by atoms with E-state index in [1.807, 2.05) is 32.0 Å². The molecule has 3 aromatic rings. The number of aryl methyl sites for hydroxylation is 2. The van der Waals surface area contributed by atoms with Crippen LogP contribution < -0.4 is 5.43 Å². The van der Waals surface area contributed by atoms with Gasteiger partial charge in [-0.1, -0.05) is 52.8 Å². The fourth-order valence-corrected chi connectivity index (χ4v) is 6.12. The molecule has 1 N–H and O–H groups in total. The first-order chi connectivity index (χ1) is 19.8. The fourth-order valence-electron chi connectivity index (χ4n) is 4.76. The van der Waals surface area contributed by atoms with Gasteiger partial charge in [-0.05, 0) is 49.7 Å². The second-order valence-electron chi connectivity index (χ2n) is 9.51. The molecule has 0 bridgehead atoms. The first kappa shape index (κ1) is 27.0. The minimum absolute atomic E-state index is 0.00482. The molecule has 0 aliphatic carbocycles. The number of hydrazone groups is 1. The predicted octanol–water partition coefficient (Wildman–Crippen LogP) is 3.27. The Morgan fingerprint density at radius 2 is 1.83 bits per heavy atom. The Hall–Kier alpha value is -4.20. The Bertz CT molecular complexity index is 1570. The monoisotopic (exact) mass is 593 g/mol. The van der Waals surface area contributed by atoms with Crippen molar-refractivity contribution in [1.82, 2.24) is 25.2 Å². The molecule has 41 heavy (non-hydrogen) atoms. The number of imide groups is 1. The zero-order valence-electron chi connectivity index (χ0n) is 22.0. The highest BCUT2D eigenvalue weighted by Crippen LogP contribution is 2.42. The summed E-state index contributed by atoms with van der Waals surface area (Å²) in [6.45, 7) is 3.88. The number of fused-ring (bicyclic) bond motifs is 2. The SMILES string of the molecule is Cc1cc(C)n(CC(=O)N/N=C2\SC3C(=NOC3c3ccc(Cl)cc3)N2CCON2C(=O)c3ccccc3C2=O)n1. The lowest BCUT2D eigenvalue weighted by Crippen LogP contribution is -2.38. The van der Waals surface area contributed by atoms with Crippen molar-refractivity contribution in [3.05, 3.63) is 87.7 Å². The third-order valence-corrected chi connectivity index (χ3v) is 8.18. The predicted molar refractivity (Wildman–Crippen MR) is 151 cm³/mol. The van der Waals surface area contributed by atoms with Crippen LogP contribution in [0.4, 0.5) is 0 Å². The number of thioether (sulfide) groups is 1. The van der Waals surface area contributed by atoms with Crippen LogP contribution >= 0.6 is 23.4 Å². The summed E-state index contributed by atoms with van der Waals surface area (Å²) in [7, 11) is 0. The molecule has 3 amide bonds. The van der Waals surface area contributed by atoms with Crippen molar-refractivity contribution in [3.63, 3.8) is 0 Å². The van der Waals surface area contributed by atoms with Gasteiger partial charge in [0.1, 0.15) is 11.8 Å². The second kappa shape index (κ2) is 11.0. The molecule has 3 aliphatic heterocycles. The maximum absolute atomic E-state index is 12.7. The number of aromatic nitrogens is 2. The quantitative estimate of drug-likeness (QED) is 0.311. The smallest absolute Gasteiger partial charge is 0.285 e. The number of nitrogens with zero attached hydrogens (tertiary/aromatic N) is 6. The number of oxime groups is 1. The van der Waals surface area contributed by atoms with Gasteiger partial charge >= 0.3 is 0 Å². The van der Waals surface area contributed by atoms with E-state index in [-0.39, 0.29) is 30.9 Å². The molecule has 4 heterocycles. The summed E-state index contributed by atoms with van der Waals surface area (Å²) < 4.78 is 1.60. The van der Waals surface area contributed by atoms with Gasteiger partial charge in [0.2, 0.25) is 0 Å². The Labute approximate surface area is 243 Å². The Morgan fingerprint density at radius 1 is 1.12 bits per heavy atom. The van der Waals surface area contributed by atoms with Crippen LogP contribution in [0.25, 0.3) is 0 Å². The van der Waals surface area contributed by atoms with Crippen molar-refractivity contribution in [2.24, 2.45) is 10.3 Å². The zero-order chi connectivity index (χ0) is 28.7. The molecule has 1 saturated heterocycles. The van der Waals surface area contributed by atoms with Crippen LogP contribution in [0.15, 0.2) is 64.9 Å². The van der Waals surface area contributed by atoms with Gasteiger partial charge in [0, 0.05) is 10.7 Å². The van der Waals surface area contributed by atoms with Crippen LogP contribution in [0.5, 0.6) is 0 Å². The van der Waals surface area contributed by atoms with E-state index in [9.17, 15) is 14.4 Å². The van der Waals surface area contributed by atoms with Crippen LogP contribution in [0, 0.1) is 13.8 Å². The van der Waals surface area contributed by atoms with Gasteiger partial charge in [-0.25, -0.2) is 5.43 Å². The van der Waals surface area contributed by atoms with Gasteiger partial charge in [-0.15, -0.1) is 10.2 Å². The van der Waals surface area contributed by atoms with E-state index in [0.29, 0.717) is 27.2 Å². The van der Waals surface area contributed by atoms with Gasteiger partial charge in [0.05, 0.1) is 30.0 Å². The summed E-state index contributed by atoms with van der Waals surface area (Å²) in [6.07, 6.45) is -0.412. The number of carbonyl (C=O) groups excluding carboxylic acids is 3. The molecule has 2 atom stereocenters. The number of carbonyl (C=O) groups is 3. The van der Waals surface area contributed by atoms with E-state index < -0.39 is 17.9 Å². The fraction of sp³-hybridized carbons (Fsp3) is 0.259.